The van der Waals surface area contributed by atoms with Gasteiger partial charge in [-0.3, -0.25) is 4.57 Å². The summed E-state index contributed by atoms with van der Waals surface area (Å²) >= 11 is 0. The van der Waals surface area contributed by atoms with Crippen LogP contribution in [0.3, 0.4) is 0 Å². The summed E-state index contributed by atoms with van der Waals surface area (Å²) in [6.07, 6.45) is 1.83. The van der Waals surface area contributed by atoms with Crippen LogP contribution < -0.4 is 5.32 Å². The Kier molecular flexibility index (Phi) is 5.15. The number of benzene rings is 3. The molecule has 0 saturated carbocycles. The molecule has 0 spiro atoms. The molecule has 5 rings (SSSR count). The van der Waals surface area contributed by atoms with Gasteiger partial charge in [-0.25, -0.2) is 9.97 Å². The Bertz CT molecular complexity index is 1390. The van der Waals surface area contributed by atoms with Crippen molar-refractivity contribution >= 4 is 17.0 Å². The van der Waals surface area contributed by atoms with Crippen LogP contribution in [0.2, 0.25) is 0 Å². The molecule has 5 heteroatoms. The summed E-state index contributed by atoms with van der Waals surface area (Å²) in [5.74, 6) is 1.37. The Balaban J connectivity index is 1.63. The highest BCUT2D eigenvalue weighted by Gasteiger charge is 2.14. The second-order valence-electron chi connectivity index (χ2n) is 8.13. The summed E-state index contributed by atoms with van der Waals surface area (Å²) in [7, 11) is 0. The average molecular weight is 420 g/mol. The average Bonchev–Trinajstić information content (AvgIpc) is 3.23. The number of hydrogen-bond acceptors (Lipinski definition) is 4. The van der Waals surface area contributed by atoms with Gasteiger partial charge in [-0.2, -0.15) is 4.98 Å². The maximum Gasteiger partial charge on any atom is 0.225 e. The van der Waals surface area contributed by atoms with Crippen molar-refractivity contribution < 1.29 is 0 Å². The van der Waals surface area contributed by atoms with Crippen molar-refractivity contribution in [2.45, 2.75) is 26.8 Å². The minimum atomic E-state index is 0.0679. The lowest BCUT2D eigenvalue weighted by atomic mass is 10.1. The minimum Gasteiger partial charge on any atom is -0.348 e. The summed E-state index contributed by atoms with van der Waals surface area (Å²) in [5.41, 5.74) is 7.48. The number of aromatic nitrogens is 4. The van der Waals surface area contributed by atoms with Crippen LogP contribution in [-0.4, -0.2) is 19.5 Å². The van der Waals surface area contributed by atoms with Crippen molar-refractivity contribution in [1.29, 1.82) is 0 Å². The van der Waals surface area contributed by atoms with E-state index in [0.717, 1.165) is 28.1 Å². The molecule has 3 aromatic carbocycles. The number of fused-ring (bicyclic) bond motifs is 1. The van der Waals surface area contributed by atoms with Crippen LogP contribution in [0.15, 0.2) is 85.2 Å². The van der Waals surface area contributed by atoms with Gasteiger partial charge in [-0.05, 0) is 49.6 Å². The summed E-state index contributed by atoms with van der Waals surface area (Å²) in [6.45, 7) is 6.30. The van der Waals surface area contributed by atoms with Crippen molar-refractivity contribution in [3.63, 3.8) is 0 Å². The van der Waals surface area contributed by atoms with E-state index in [1.54, 1.807) is 0 Å². The molecule has 0 unspecified atom stereocenters. The molecule has 5 aromatic rings. The second-order valence-corrected chi connectivity index (χ2v) is 8.13. The standard InChI is InChI=1S/C27H25N5/c1-18-13-14-25-24(15-18)28-17-32(25)26-16-23(22-12-8-7-9-19(22)2)30-27(31-26)29-20(3)21-10-5-4-6-11-21/h4-17,20H,1-3H3,(H,29,30,31)/t20-/m0/s1. The fourth-order valence-corrected chi connectivity index (χ4v) is 3.94. The van der Waals surface area contributed by atoms with Crippen LogP contribution in [0.25, 0.3) is 28.1 Å². The molecule has 0 fully saturated rings. The molecule has 0 aliphatic rings. The Morgan fingerprint density at radius 1 is 0.844 bits per heavy atom. The fraction of sp³-hybridized carbons (Fsp3) is 0.148. The SMILES string of the molecule is Cc1ccc2c(c1)ncn2-c1cc(-c2ccccc2C)nc(N[C@@H](C)c2ccccc2)n1. The van der Waals surface area contributed by atoms with Crippen molar-refractivity contribution in [3.05, 3.63) is 102 Å². The molecule has 158 valence electrons. The zero-order valence-corrected chi connectivity index (χ0v) is 18.4. The monoisotopic (exact) mass is 419 g/mol. The first-order valence-electron chi connectivity index (χ1n) is 10.8. The highest BCUT2D eigenvalue weighted by Crippen LogP contribution is 2.27. The van der Waals surface area contributed by atoms with Crippen molar-refractivity contribution in [2.75, 3.05) is 5.32 Å². The van der Waals surface area contributed by atoms with Crippen LogP contribution in [0.1, 0.15) is 29.7 Å². The van der Waals surface area contributed by atoms with E-state index >= 15 is 0 Å². The van der Waals surface area contributed by atoms with Gasteiger partial charge in [-0.1, -0.05) is 60.7 Å². The second kappa shape index (κ2) is 8.27. The number of nitrogens with one attached hydrogen (secondary N) is 1. The summed E-state index contributed by atoms with van der Waals surface area (Å²) in [5, 5.41) is 3.49. The van der Waals surface area contributed by atoms with Gasteiger partial charge in [-0.15, -0.1) is 0 Å². The molecule has 1 N–H and O–H groups in total. The van der Waals surface area contributed by atoms with Gasteiger partial charge in [0.2, 0.25) is 5.95 Å². The van der Waals surface area contributed by atoms with E-state index in [2.05, 4.69) is 73.5 Å². The Labute approximate surface area is 187 Å². The molecular weight excluding hydrogens is 394 g/mol. The smallest absolute Gasteiger partial charge is 0.225 e. The van der Waals surface area contributed by atoms with Crippen LogP contribution in [0.5, 0.6) is 0 Å². The predicted octanol–water partition coefficient (Wildman–Crippen LogP) is 6.27. The van der Waals surface area contributed by atoms with E-state index < -0.39 is 0 Å². The van der Waals surface area contributed by atoms with Gasteiger partial charge in [0.1, 0.15) is 12.1 Å². The lowest BCUT2D eigenvalue weighted by Gasteiger charge is -2.17. The molecule has 0 aliphatic carbocycles. The Hall–Kier alpha value is -3.99. The van der Waals surface area contributed by atoms with Gasteiger partial charge in [0.15, 0.2) is 0 Å². The van der Waals surface area contributed by atoms with Gasteiger partial charge in [0, 0.05) is 11.6 Å². The van der Waals surface area contributed by atoms with Crippen LogP contribution in [-0.2, 0) is 0 Å². The molecule has 1 atom stereocenters. The summed E-state index contributed by atoms with van der Waals surface area (Å²) < 4.78 is 2.02. The van der Waals surface area contributed by atoms with Crippen LogP contribution in [0.4, 0.5) is 5.95 Å². The van der Waals surface area contributed by atoms with E-state index in [0.29, 0.717) is 5.95 Å². The van der Waals surface area contributed by atoms with Crippen molar-refractivity contribution in [1.82, 2.24) is 19.5 Å². The highest BCUT2D eigenvalue weighted by atomic mass is 15.2. The molecule has 0 aliphatic heterocycles. The quantitative estimate of drug-likeness (QED) is 0.365. The molecule has 0 radical (unpaired) electrons. The Morgan fingerprint density at radius 3 is 2.44 bits per heavy atom. The molecule has 0 amide bonds. The van der Waals surface area contributed by atoms with E-state index in [1.165, 1.54) is 16.7 Å². The first-order valence-corrected chi connectivity index (χ1v) is 10.8. The van der Waals surface area contributed by atoms with E-state index in [9.17, 15) is 0 Å². The van der Waals surface area contributed by atoms with Crippen LogP contribution in [0, 0.1) is 13.8 Å². The molecule has 0 saturated heterocycles. The maximum absolute atomic E-state index is 4.88. The predicted molar refractivity (Wildman–Crippen MR) is 130 cm³/mol. The lowest BCUT2D eigenvalue weighted by molar-refractivity contribution is 0.855. The lowest BCUT2D eigenvalue weighted by Crippen LogP contribution is -2.11. The van der Waals surface area contributed by atoms with E-state index in [1.807, 2.05) is 47.3 Å². The van der Waals surface area contributed by atoms with Gasteiger partial charge >= 0.3 is 0 Å². The third-order valence-electron chi connectivity index (χ3n) is 5.73. The van der Waals surface area contributed by atoms with Gasteiger partial charge < -0.3 is 5.32 Å². The molecule has 0 bridgehead atoms. The fourth-order valence-electron chi connectivity index (χ4n) is 3.94. The number of imidazole rings is 1. The Morgan fingerprint density at radius 2 is 1.62 bits per heavy atom. The third-order valence-corrected chi connectivity index (χ3v) is 5.73. The normalized spacial score (nSPS) is 12.1. The highest BCUT2D eigenvalue weighted by molar-refractivity contribution is 5.78. The number of hydrogen-bond donors (Lipinski definition) is 1. The maximum atomic E-state index is 4.88. The van der Waals surface area contributed by atoms with Gasteiger partial charge in [0.05, 0.1) is 22.8 Å². The number of anilines is 1. The number of nitrogens with zero attached hydrogens (tertiary/aromatic N) is 4. The summed E-state index contributed by atoms with van der Waals surface area (Å²) in [4.78, 5) is 14.3. The molecule has 5 nitrogen and oxygen atoms in total. The zero-order valence-electron chi connectivity index (χ0n) is 18.4. The minimum absolute atomic E-state index is 0.0679. The summed E-state index contributed by atoms with van der Waals surface area (Å²) in [6, 6.07) is 27.0. The van der Waals surface area contributed by atoms with Crippen molar-refractivity contribution in [3.8, 4) is 17.1 Å². The first kappa shape index (κ1) is 19.9. The largest absolute Gasteiger partial charge is 0.348 e. The topological polar surface area (TPSA) is 55.6 Å². The van der Waals surface area contributed by atoms with Gasteiger partial charge in [0.25, 0.3) is 0 Å². The van der Waals surface area contributed by atoms with Crippen molar-refractivity contribution in [2.24, 2.45) is 0 Å². The van der Waals surface area contributed by atoms with E-state index in [4.69, 9.17) is 9.97 Å². The third kappa shape index (κ3) is 3.85. The van der Waals surface area contributed by atoms with Crippen LogP contribution >= 0.6 is 0 Å². The number of aryl methyl sites for hydroxylation is 2. The molecule has 2 heterocycles. The molecule has 32 heavy (non-hydrogen) atoms. The zero-order chi connectivity index (χ0) is 22.1. The molecular formula is C27H25N5. The number of rotatable bonds is 5. The molecule has 2 aromatic heterocycles. The first-order chi connectivity index (χ1) is 15.6. The van der Waals surface area contributed by atoms with E-state index in [-0.39, 0.29) is 6.04 Å².